The Hall–Kier alpha value is -0.260. The first-order valence-corrected chi connectivity index (χ1v) is 6.50. The zero-order valence-corrected chi connectivity index (χ0v) is 11.8. The molecule has 0 aliphatic heterocycles. The molecule has 0 unspecified atom stereocenters. The second-order valence-electron chi connectivity index (χ2n) is 4.13. The number of hydrogen-bond acceptors (Lipinski definition) is 1. The lowest BCUT2D eigenvalue weighted by Crippen LogP contribution is -2.33. The van der Waals surface area contributed by atoms with E-state index in [1.165, 1.54) is 12.1 Å². The zero-order chi connectivity index (χ0) is 13.7. The zero-order valence-electron chi connectivity index (χ0n) is 8.74. The van der Waals surface area contributed by atoms with Gasteiger partial charge in [0.25, 0.3) is 0 Å². The summed E-state index contributed by atoms with van der Waals surface area (Å²) in [7, 11) is 0. The minimum atomic E-state index is -4.55. The number of alkyl halides is 3. The number of benzene rings is 1. The van der Waals surface area contributed by atoms with Crippen molar-refractivity contribution in [1.29, 1.82) is 0 Å². The summed E-state index contributed by atoms with van der Waals surface area (Å²) in [5.74, 6) is -1.01. The molecule has 0 bridgehead atoms. The Labute approximate surface area is 119 Å². The molecule has 1 aromatic carbocycles. The fourth-order valence-corrected chi connectivity index (χ4v) is 2.58. The Morgan fingerprint density at radius 1 is 1.22 bits per heavy atom. The number of carbonyl (C=O) groups is 1. The second-order valence-corrected chi connectivity index (χ2v) is 5.74. The standard InChI is InChI=1S/C11H6BrCl2F3O/c12-6-2-1-5(7(13)8(6)14)9(18)10(3-4-10)11(15,16)17/h1-2H,3-4H2. The second kappa shape index (κ2) is 4.39. The lowest BCUT2D eigenvalue weighted by Gasteiger charge is -2.18. The molecule has 0 radical (unpaired) electrons. The van der Waals surface area contributed by atoms with E-state index in [4.69, 9.17) is 23.2 Å². The van der Waals surface area contributed by atoms with Gasteiger partial charge >= 0.3 is 6.18 Å². The number of halogens is 6. The highest BCUT2D eigenvalue weighted by atomic mass is 79.9. The molecule has 7 heteroatoms. The summed E-state index contributed by atoms with van der Waals surface area (Å²) < 4.78 is 38.9. The van der Waals surface area contributed by atoms with Gasteiger partial charge in [-0.3, -0.25) is 4.79 Å². The van der Waals surface area contributed by atoms with Crippen molar-refractivity contribution in [2.24, 2.45) is 5.41 Å². The molecule has 1 aromatic rings. The van der Waals surface area contributed by atoms with E-state index in [-0.39, 0.29) is 28.5 Å². The Morgan fingerprint density at radius 3 is 2.22 bits per heavy atom. The molecule has 1 saturated carbocycles. The molecule has 0 N–H and O–H groups in total. The maximum Gasteiger partial charge on any atom is 0.401 e. The van der Waals surface area contributed by atoms with Crippen LogP contribution >= 0.6 is 39.1 Å². The first kappa shape index (κ1) is 14.2. The van der Waals surface area contributed by atoms with E-state index in [0.717, 1.165) is 0 Å². The Kier molecular flexibility index (Phi) is 3.45. The molecule has 0 heterocycles. The maximum atomic E-state index is 12.8. The summed E-state index contributed by atoms with van der Waals surface area (Å²) in [6.07, 6.45) is -4.94. The molecule has 0 amide bonds. The monoisotopic (exact) mass is 360 g/mol. The van der Waals surface area contributed by atoms with Crippen LogP contribution in [-0.4, -0.2) is 12.0 Å². The molecule has 0 saturated heterocycles. The van der Waals surface area contributed by atoms with Crippen molar-refractivity contribution >= 4 is 44.9 Å². The first-order valence-electron chi connectivity index (χ1n) is 4.96. The van der Waals surface area contributed by atoms with Gasteiger partial charge in [0.2, 0.25) is 0 Å². The van der Waals surface area contributed by atoms with Gasteiger partial charge in [0.05, 0.1) is 10.0 Å². The van der Waals surface area contributed by atoms with E-state index in [1.807, 2.05) is 0 Å². The molecule has 0 spiro atoms. The van der Waals surface area contributed by atoms with Crippen LogP contribution in [0, 0.1) is 5.41 Å². The summed E-state index contributed by atoms with van der Waals surface area (Å²) in [6, 6.07) is 2.67. The van der Waals surface area contributed by atoms with Crippen LogP contribution in [0.5, 0.6) is 0 Å². The van der Waals surface area contributed by atoms with Crippen molar-refractivity contribution in [2.45, 2.75) is 19.0 Å². The van der Waals surface area contributed by atoms with Crippen molar-refractivity contribution < 1.29 is 18.0 Å². The van der Waals surface area contributed by atoms with Crippen molar-refractivity contribution in [2.75, 3.05) is 0 Å². The summed E-state index contributed by atoms with van der Waals surface area (Å²) in [4.78, 5) is 12.0. The molecule has 2 rings (SSSR count). The summed E-state index contributed by atoms with van der Waals surface area (Å²) in [5, 5.41) is -0.105. The Bertz CT molecular complexity index is 524. The van der Waals surface area contributed by atoms with Crippen LogP contribution in [-0.2, 0) is 0 Å². The van der Waals surface area contributed by atoms with Gasteiger partial charge in [-0.25, -0.2) is 0 Å². The normalized spacial score (nSPS) is 17.7. The lowest BCUT2D eigenvalue weighted by molar-refractivity contribution is -0.171. The lowest BCUT2D eigenvalue weighted by atomic mass is 9.94. The van der Waals surface area contributed by atoms with Crippen LogP contribution in [0.25, 0.3) is 0 Å². The van der Waals surface area contributed by atoms with Crippen LogP contribution in [0.3, 0.4) is 0 Å². The fourth-order valence-electron chi connectivity index (χ4n) is 1.72. The SMILES string of the molecule is O=C(c1ccc(Br)c(Cl)c1Cl)C1(C(F)(F)F)CC1. The van der Waals surface area contributed by atoms with Crippen LogP contribution in [0.15, 0.2) is 16.6 Å². The highest BCUT2D eigenvalue weighted by Crippen LogP contribution is 2.59. The minimum absolute atomic E-state index is 0.0421. The molecular weight excluding hydrogens is 356 g/mol. The van der Waals surface area contributed by atoms with Crippen molar-refractivity contribution in [1.82, 2.24) is 0 Å². The topological polar surface area (TPSA) is 17.1 Å². The average Bonchev–Trinajstić information content (AvgIpc) is 3.05. The number of ketones is 1. The van der Waals surface area contributed by atoms with Crippen LogP contribution in [0.1, 0.15) is 23.2 Å². The molecule has 18 heavy (non-hydrogen) atoms. The third-order valence-electron chi connectivity index (χ3n) is 3.01. The van der Waals surface area contributed by atoms with Gasteiger partial charge in [-0.1, -0.05) is 23.2 Å². The van der Waals surface area contributed by atoms with Gasteiger partial charge in [0.1, 0.15) is 5.41 Å². The van der Waals surface area contributed by atoms with Gasteiger partial charge in [-0.2, -0.15) is 13.2 Å². The van der Waals surface area contributed by atoms with Crippen molar-refractivity contribution in [3.05, 3.63) is 32.2 Å². The maximum absolute atomic E-state index is 12.8. The molecule has 1 aliphatic rings. The predicted octanol–water partition coefficient (Wildman–Crippen LogP) is 5.28. The largest absolute Gasteiger partial charge is 0.401 e. The number of Topliss-reactive ketones (excluding diaryl/α,β-unsaturated/α-hetero) is 1. The molecule has 1 aliphatic carbocycles. The quantitative estimate of drug-likeness (QED) is 0.517. The van der Waals surface area contributed by atoms with E-state index in [1.54, 1.807) is 0 Å². The highest BCUT2D eigenvalue weighted by molar-refractivity contribution is 9.10. The summed E-state index contributed by atoms with van der Waals surface area (Å²) in [5.41, 5.74) is -2.45. The van der Waals surface area contributed by atoms with Crippen LogP contribution in [0.2, 0.25) is 10.0 Å². The van der Waals surface area contributed by atoms with E-state index in [2.05, 4.69) is 15.9 Å². The van der Waals surface area contributed by atoms with E-state index in [0.29, 0.717) is 4.47 Å². The number of carbonyl (C=O) groups excluding carboxylic acids is 1. The highest BCUT2D eigenvalue weighted by Gasteiger charge is 2.68. The third-order valence-corrected chi connectivity index (χ3v) is 4.78. The van der Waals surface area contributed by atoms with Gasteiger partial charge in [-0.05, 0) is 40.9 Å². The summed E-state index contributed by atoms with van der Waals surface area (Å²) >= 11 is 14.7. The van der Waals surface area contributed by atoms with Crippen molar-refractivity contribution in [3.63, 3.8) is 0 Å². The third kappa shape index (κ3) is 2.06. The van der Waals surface area contributed by atoms with Gasteiger partial charge in [0, 0.05) is 10.0 Å². The number of hydrogen-bond donors (Lipinski definition) is 0. The molecular formula is C11H6BrCl2F3O. The fraction of sp³-hybridized carbons (Fsp3) is 0.364. The molecule has 0 atom stereocenters. The number of rotatable bonds is 2. The molecule has 0 aromatic heterocycles. The minimum Gasteiger partial charge on any atom is -0.293 e. The van der Waals surface area contributed by atoms with E-state index >= 15 is 0 Å². The smallest absolute Gasteiger partial charge is 0.293 e. The predicted molar refractivity (Wildman–Crippen MR) is 66.2 cm³/mol. The van der Waals surface area contributed by atoms with Gasteiger partial charge in [0.15, 0.2) is 5.78 Å². The van der Waals surface area contributed by atoms with Gasteiger partial charge < -0.3 is 0 Å². The van der Waals surface area contributed by atoms with Crippen molar-refractivity contribution in [3.8, 4) is 0 Å². The van der Waals surface area contributed by atoms with Crippen LogP contribution in [0.4, 0.5) is 13.2 Å². The van der Waals surface area contributed by atoms with Gasteiger partial charge in [-0.15, -0.1) is 0 Å². The molecule has 1 fully saturated rings. The molecule has 98 valence electrons. The van der Waals surface area contributed by atoms with E-state index in [9.17, 15) is 18.0 Å². The molecule has 1 nitrogen and oxygen atoms in total. The van der Waals surface area contributed by atoms with E-state index < -0.39 is 17.4 Å². The average molecular weight is 362 g/mol. The van der Waals surface area contributed by atoms with Crippen LogP contribution < -0.4 is 0 Å². The summed E-state index contributed by atoms with van der Waals surface area (Å²) in [6.45, 7) is 0. The Morgan fingerprint density at radius 2 is 1.78 bits per heavy atom. The first-order chi connectivity index (χ1) is 8.21. The Balaban J connectivity index is 2.46.